The number of sulfone groups is 1. The molecular weight excluding hydrogens is 487 g/mol. The highest BCUT2D eigenvalue weighted by Gasteiger charge is 2.23. The third kappa shape index (κ3) is 5.32. The van der Waals surface area contributed by atoms with Crippen LogP contribution in [0.4, 0.5) is 15.0 Å². The molecule has 0 unspecified atom stereocenters. The minimum atomic E-state index is -3.54. The van der Waals surface area contributed by atoms with Crippen molar-refractivity contribution in [2.75, 3.05) is 30.8 Å². The lowest BCUT2D eigenvalue weighted by molar-refractivity contribution is 0.0745. The van der Waals surface area contributed by atoms with Gasteiger partial charge in [0.05, 0.1) is 22.6 Å². The molecular formula is C24H29FN6O4S. The van der Waals surface area contributed by atoms with Crippen LogP contribution in [0, 0.1) is 5.82 Å². The van der Waals surface area contributed by atoms with Crippen molar-refractivity contribution in [1.29, 1.82) is 0 Å². The summed E-state index contributed by atoms with van der Waals surface area (Å²) in [4.78, 5) is 24.5. The third-order valence-corrected chi connectivity index (χ3v) is 6.98. The van der Waals surface area contributed by atoms with Crippen molar-refractivity contribution in [3.05, 3.63) is 48.3 Å². The van der Waals surface area contributed by atoms with Gasteiger partial charge in [0.15, 0.2) is 15.5 Å². The normalized spacial score (nSPS) is 14.4. The first-order chi connectivity index (χ1) is 17.1. The summed E-state index contributed by atoms with van der Waals surface area (Å²) in [7, 11) is -3.54. The van der Waals surface area contributed by atoms with Crippen LogP contribution in [-0.2, 0) is 14.6 Å². The number of carbonyl (C=O) groups excluding carboxylic acids is 1. The first-order valence-electron chi connectivity index (χ1n) is 11.7. The molecule has 1 saturated heterocycles. The average molecular weight is 517 g/mol. The number of anilines is 1. The van der Waals surface area contributed by atoms with E-state index in [4.69, 9.17) is 4.74 Å². The second-order valence-electron chi connectivity index (χ2n) is 8.87. The first-order valence-corrected chi connectivity index (χ1v) is 13.6. The van der Waals surface area contributed by atoms with Crippen LogP contribution in [0.15, 0.2) is 47.4 Å². The summed E-state index contributed by atoms with van der Waals surface area (Å²) in [5, 5.41) is 4.94. The topological polar surface area (TPSA) is 111 Å². The summed E-state index contributed by atoms with van der Waals surface area (Å²) in [6, 6.07) is 3.69. The first kappa shape index (κ1) is 25.5. The molecule has 1 amide bonds. The van der Waals surface area contributed by atoms with Gasteiger partial charge < -0.3 is 14.5 Å². The number of amides is 1. The van der Waals surface area contributed by atoms with Gasteiger partial charge in [0.2, 0.25) is 0 Å². The number of fused-ring (bicyclic) bond motifs is 1. The van der Waals surface area contributed by atoms with Crippen LogP contribution in [0.3, 0.4) is 0 Å². The van der Waals surface area contributed by atoms with Gasteiger partial charge in [0.25, 0.3) is 0 Å². The number of aromatic nitrogens is 4. The van der Waals surface area contributed by atoms with Gasteiger partial charge in [0, 0.05) is 32.1 Å². The summed E-state index contributed by atoms with van der Waals surface area (Å²) in [6.07, 6.45) is 7.01. The Kier molecular flexibility index (Phi) is 7.25. The number of benzene rings is 1. The predicted octanol–water partition coefficient (Wildman–Crippen LogP) is 3.71. The highest BCUT2D eigenvalue weighted by Crippen LogP contribution is 2.28. The van der Waals surface area contributed by atoms with Crippen molar-refractivity contribution in [1.82, 2.24) is 24.6 Å². The van der Waals surface area contributed by atoms with E-state index in [0.717, 1.165) is 25.2 Å². The lowest BCUT2D eigenvalue weighted by Crippen LogP contribution is -2.38. The highest BCUT2D eigenvalue weighted by molar-refractivity contribution is 7.90. The SMILES string of the molecule is CCN(C=C1CCN(C(=O)OC(C)C)CC1)c1ncnc2c1cnn2-c1ccc(S(C)(=O)=O)cc1F. The lowest BCUT2D eigenvalue weighted by Gasteiger charge is -2.29. The second-order valence-corrected chi connectivity index (χ2v) is 10.9. The molecule has 0 N–H and O–H groups in total. The van der Waals surface area contributed by atoms with E-state index >= 15 is 0 Å². The number of ether oxygens (including phenoxy) is 1. The Morgan fingerprint density at radius 3 is 2.58 bits per heavy atom. The van der Waals surface area contributed by atoms with Gasteiger partial charge >= 0.3 is 6.09 Å². The third-order valence-electron chi connectivity index (χ3n) is 5.87. The summed E-state index contributed by atoms with van der Waals surface area (Å²) >= 11 is 0. The highest BCUT2D eigenvalue weighted by atomic mass is 32.2. The van der Waals surface area contributed by atoms with E-state index in [1.165, 1.54) is 28.7 Å². The van der Waals surface area contributed by atoms with Crippen LogP contribution in [-0.4, -0.2) is 71.2 Å². The van der Waals surface area contributed by atoms with Gasteiger partial charge in [-0.25, -0.2) is 32.3 Å². The molecule has 0 spiro atoms. The molecule has 0 radical (unpaired) electrons. The summed E-state index contributed by atoms with van der Waals surface area (Å²) < 4.78 is 45.0. The molecule has 1 aromatic carbocycles. The van der Waals surface area contributed by atoms with Crippen molar-refractivity contribution in [3.63, 3.8) is 0 Å². The molecule has 4 rings (SSSR count). The number of piperidine rings is 1. The van der Waals surface area contributed by atoms with E-state index in [1.54, 1.807) is 11.1 Å². The van der Waals surface area contributed by atoms with Gasteiger partial charge in [0.1, 0.15) is 23.6 Å². The molecule has 36 heavy (non-hydrogen) atoms. The lowest BCUT2D eigenvalue weighted by atomic mass is 10.1. The molecule has 0 atom stereocenters. The van der Waals surface area contributed by atoms with E-state index in [9.17, 15) is 17.6 Å². The van der Waals surface area contributed by atoms with Crippen molar-refractivity contribution in [3.8, 4) is 5.69 Å². The Morgan fingerprint density at radius 2 is 1.97 bits per heavy atom. The molecule has 0 saturated carbocycles. The van der Waals surface area contributed by atoms with Crippen LogP contribution in [0.5, 0.6) is 0 Å². The number of halogens is 1. The Labute approximate surface area is 209 Å². The minimum Gasteiger partial charge on any atom is -0.447 e. The Hall–Kier alpha value is -3.54. The number of nitrogens with zero attached hydrogens (tertiary/aromatic N) is 6. The molecule has 1 aliphatic heterocycles. The van der Waals surface area contributed by atoms with Crippen molar-refractivity contribution >= 4 is 32.8 Å². The van der Waals surface area contributed by atoms with E-state index in [1.807, 2.05) is 31.9 Å². The maximum Gasteiger partial charge on any atom is 0.410 e. The smallest absolute Gasteiger partial charge is 0.410 e. The Morgan fingerprint density at radius 1 is 1.25 bits per heavy atom. The van der Waals surface area contributed by atoms with Crippen LogP contribution in [0.25, 0.3) is 16.7 Å². The maximum absolute atomic E-state index is 14.8. The molecule has 1 aliphatic rings. The van der Waals surface area contributed by atoms with Gasteiger partial charge in [-0.2, -0.15) is 5.10 Å². The van der Waals surface area contributed by atoms with Crippen LogP contribution in [0.1, 0.15) is 33.6 Å². The molecule has 2 aromatic heterocycles. The molecule has 0 aliphatic carbocycles. The summed E-state index contributed by atoms with van der Waals surface area (Å²) in [5.74, 6) is -0.101. The summed E-state index contributed by atoms with van der Waals surface area (Å²) in [6.45, 7) is 7.43. The zero-order valence-electron chi connectivity index (χ0n) is 20.7. The van der Waals surface area contributed by atoms with Gasteiger partial charge in [-0.3, -0.25) is 0 Å². The van der Waals surface area contributed by atoms with Gasteiger partial charge in [-0.15, -0.1) is 0 Å². The fraction of sp³-hybridized carbons (Fsp3) is 0.417. The van der Waals surface area contributed by atoms with Crippen LogP contribution < -0.4 is 4.90 Å². The monoisotopic (exact) mass is 516 g/mol. The Balaban J connectivity index is 1.60. The van der Waals surface area contributed by atoms with E-state index in [2.05, 4.69) is 15.1 Å². The standard InChI is InChI=1S/C24H29FN6O4S/c1-5-29(14-17-8-10-30(11-9-17)24(32)35-16(2)3)22-19-13-28-31(23(19)27-15-26-22)21-7-6-18(12-20(21)25)36(4,33)34/h6-7,12-16H,5,8-11H2,1-4H3. The molecule has 3 heterocycles. The molecule has 0 bridgehead atoms. The van der Waals surface area contributed by atoms with Crippen molar-refractivity contribution in [2.24, 2.45) is 0 Å². The van der Waals surface area contributed by atoms with E-state index < -0.39 is 15.7 Å². The maximum atomic E-state index is 14.8. The largest absolute Gasteiger partial charge is 0.447 e. The molecule has 3 aromatic rings. The van der Waals surface area contributed by atoms with Crippen molar-refractivity contribution < 1.29 is 22.3 Å². The summed E-state index contributed by atoms with van der Waals surface area (Å²) in [5.41, 5.74) is 1.66. The number of hydrogen-bond acceptors (Lipinski definition) is 8. The zero-order valence-corrected chi connectivity index (χ0v) is 21.5. The zero-order chi connectivity index (χ0) is 26.0. The number of carbonyl (C=O) groups is 1. The van der Waals surface area contributed by atoms with E-state index in [0.29, 0.717) is 36.5 Å². The molecule has 12 heteroatoms. The predicted molar refractivity (Wildman–Crippen MR) is 133 cm³/mol. The quantitative estimate of drug-likeness (QED) is 0.488. The molecule has 192 valence electrons. The number of hydrogen-bond donors (Lipinski definition) is 0. The fourth-order valence-electron chi connectivity index (χ4n) is 4.03. The Bertz CT molecular complexity index is 1410. The van der Waals surface area contributed by atoms with Crippen molar-refractivity contribution in [2.45, 2.75) is 44.6 Å². The molecule has 10 nitrogen and oxygen atoms in total. The number of likely N-dealkylation sites (tertiary alicyclic amines) is 1. The van der Waals surface area contributed by atoms with E-state index in [-0.39, 0.29) is 22.8 Å². The fourth-order valence-corrected chi connectivity index (χ4v) is 4.66. The second kappa shape index (κ2) is 10.2. The van der Waals surface area contributed by atoms with Gasteiger partial charge in [-0.1, -0.05) is 5.57 Å². The van der Waals surface area contributed by atoms with Crippen LogP contribution in [0.2, 0.25) is 0 Å². The van der Waals surface area contributed by atoms with Gasteiger partial charge in [-0.05, 0) is 51.8 Å². The minimum absolute atomic E-state index is 0.0871. The average Bonchev–Trinajstić information content (AvgIpc) is 3.26. The van der Waals surface area contributed by atoms with Crippen LogP contribution >= 0.6 is 0 Å². The molecule has 1 fully saturated rings. The number of rotatable bonds is 6.